The van der Waals surface area contributed by atoms with Gasteiger partial charge in [-0.25, -0.2) is 0 Å². The van der Waals surface area contributed by atoms with Crippen molar-refractivity contribution in [3.8, 4) is 0 Å². The van der Waals surface area contributed by atoms with E-state index in [1.54, 1.807) is 24.5 Å². The molecule has 7 heteroatoms. The molecule has 3 atom stereocenters. The van der Waals surface area contributed by atoms with Gasteiger partial charge in [0.25, 0.3) is 0 Å². The van der Waals surface area contributed by atoms with E-state index in [9.17, 15) is 9.59 Å². The summed E-state index contributed by atoms with van der Waals surface area (Å²) in [6, 6.07) is 3.48. The summed E-state index contributed by atoms with van der Waals surface area (Å²) in [6.45, 7) is 11.1. The third kappa shape index (κ3) is 4.68. The Balaban J connectivity index is 2.08. The lowest BCUT2D eigenvalue weighted by Crippen LogP contribution is -2.62. The van der Waals surface area contributed by atoms with Crippen LogP contribution >= 0.6 is 11.8 Å². The van der Waals surface area contributed by atoms with Crippen LogP contribution < -0.4 is 5.32 Å². The number of rotatable bonds is 6. The van der Waals surface area contributed by atoms with Crippen molar-refractivity contribution >= 4 is 31.8 Å². The van der Waals surface area contributed by atoms with E-state index in [1.165, 1.54) is 11.8 Å². The predicted molar refractivity (Wildman–Crippen MR) is 98.0 cm³/mol. The highest BCUT2D eigenvalue weighted by molar-refractivity contribution is 8.14. The van der Waals surface area contributed by atoms with Crippen LogP contribution in [0.2, 0.25) is 13.1 Å². The number of aromatic nitrogens is 1. The summed E-state index contributed by atoms with van der Waals surface area (Å²) in [7, 11) is -0.820. The second-order valence-electron chi connectivity index (χ2n) is 7.29. The van der Waals surface area contributed by atoms with Crippen LogP contribution in [-0.4, -0.2) is 37.0 Å². The summed E-state index contributed by atoms with van der Waals surface area (Å²) >= 11 is 1.17. The molecule has 1 fully saturated rings. The van der Waals surface area contributed by atoms with Crippen LogP contribution in [-0.2, 0) is 9.22 Å². The zero-order chi connectivity index (χ0) is 17.9. The fourth-order valence-corrected chi connectivity index (χ4v) is 4.31. The lowest BCUT2D eigenvalue weighted by molar-refractivity contribution is -0.138. The summed E-state index contributed by atoms with van der Waals surface area (Å²) in [5.74, 6) is -0.127. The van der Waals surface area contributed by atoms with Crippen molar-refractivity contribution in [1.82, 2.24) is 10.3 Å². The monoisotopic (exact) mass is 365 g/mol. The molecular weight excluding hydrogens is 340 g/mol. The van der Waals surface area contributed by atoms with Crippen molar-refractivity contribution < 1.29 is 14.0 Å². The molecule has 1 saturated heterocycles. The molecule has 1 aliphatic rings. The molecule has 1 aliphatic heterocycles. The van der Waals surface area contributed by atoms with Crippen LogP contribution in [0.3, 0.4) is 0 Å². The Kier molecular flexibility index (Phi) is 6.22. The summed E-state index contributed by atoms with van der Waals surface area (Å²) in [4.78, 5) is 28.6. The summed E-state index contributed by atoms with van der Waals surface area (Å²) in [5, 5.41) is 2.60. The Bertz CT molecular complexity index is 589. The van der Waals surface area contributed by atoms with Gasteiger partial charge >= 0.3 is 0 Å². The fraction of sp³-hybridized carbons (Fsp3) is 0.588. The van der Waals surface area contributed by atoms with E-state index in [1.807, 2.05) is 0 Å². The van der Waals surface area contributed by atoms with Crippen molar-refractivity contribution in [2.24, 2.45) is 17.3 Å². The van der Waals surface area contributed by atoms with E-state index in [-0.39, 0.29) is 33.6 Å². The molecule has 0 unspecified atom stereocenters. The van der Waals surface area contributed by atoms with Crippen LogP contribution in [0.25, 0.3) is 0 Å². The molecule has 1 radical (unpaired) electrons. The number of pyridine rings is 1. The van der Waals surface area contributed by atoms with Crippen LogP contribution in [0.1, 0.15) is 31.1 Å². The molecule has 0 saturated carbocycles. The van der Waals surface area contributed by atoms with E-state index in [0.29, 0.717) is 12.2 Å². The standard InChI is InChI=1S/C17H25N2O3SSi/c1-17(2,3)12(10-22-24(4)5)13-14(20)19-15(13)23-16(21)11-7-6-8-18-9-11/h6-9,12-13,15H,10H2,1-5H3,(H,19,20)/t12-,13+,15-/m1/s1. The topological polar surface area (TPSA) is 68.3 Å². The van der Waals surface area contributed by atoms with E-state index in [4.69, 9.17) is 4.43 Å². The second-order valence-corrected chi connectivity index (χ2v) is 10.5. The van der Waals surface area contributed by atoms with Gasteiger partial charge in [0.2, 0.25) is 20.1 Å². The molecule has 1 aromatic rings. The van der Waals surface area contributed by atoms with Gasteiger partial charge in [0.05, 0.1) is 11.3 Å². The number of amides is 1. The van der Waals surface area contributed by atoms with Gasteiger partial charge in [-0.3, -0.25) is 14.6 Å². The molecular formula is C17H25N2O3SSi. The molecule has 1 aromatic heterocycles. The highest BCUT2D eigenvalue weighted by Gasteiger charge is 2.49. The number of hydrogen-bond acceptors (Lipinski definition) is 5. The number of nitrogens with one attached hydrogen (secondary N) is 1. The highest BCUT2D eigenvalue weighted by atomic mass is 32.2. The number of β-lactam (4-membered cyclic amide) rings is 1. The first-order valence-corrected chi connectivity index (χ1v) is 11.3. The van der Waals surface area contributed by atoms with Crippen LogP contribution in [0.15, 0.2) is 24.5 Å². The van der Waals surface area contributed by atoms with Gasteiger partial charge in [-0.1, -0.05) is 32.5 Å². The van der Waals surface area contributed by atoms with E-state index >= 15 is 0 Å². The number of hydrogen-bond donors (Lipinski definition) is 1. The lowest BCUT2D eigenvalue weighted by atomic mass is 9.71. The fourth-order valence-electron chi connectivity index (χ4n) is 2.68. The molecule has 131 valence electrons. The Morgan fingerprint density at radius 3 is 2.67 bits per heavy atom. The quantitative estimate of drug-likeness (QED) is 0.620. The molecule has 0 aromatic carbocycles. The SMILES string of the molecule is C[Si](C)OC[C@H]([C@H]1C(=O)N[C@@H]1SC(=O)c1cccnc1)C(C)(C)C. The van der Waals surface area contributed by atoms with Crippen molar-refractivity contribution in [3.63, 3.8) is 0 Å². The molecule has 2 heterocycles. The molecule has 5 nitrogen and oxygen atoms in total. The van der Waals surface area contributed by atoms with E-state index in [0.717, 1.165) is 0 Å². The van der Waals surface area contributed by atoms with Gasteiger partial charge < -0.3 is 9.74 Å². The summed E-state index contributed by atoms with van der Waals surface area (Å²) in [5.41, 5.74) is 0.481. The Morgan fingerprint density at radius 1 is 1.46 bits per heavy atom. The Labute approximate surface area is 149 Å². The van der Waals surface area contributed by atoms with E-state index < -0.39 is 9.04 Å². The van der Waals surface area contributed by atoms with Gasteiger partial charge in [-0.2, -0.15) is 0 Å². The normalized spacial score (nSPS) is 22.0. The molecule has 0 aliphatic carbocycles. The lowest BCUT2D eigenvalue weighted by Gasteiger charge is -2.45. The van der Waals surface area contributed by atoms with Gasteiger partial charge in [-0.15, -0.1) is 0 Å². The molecule has 0 bridgehead atoms. The van der Waals surface area contributed by atoms with E-state index in [2.05, 4.69) is 44.2 Å². The number of nitrogens with zero attached hydrogens (tertiary/aromatic N) is 1. The number of thioether (sulfide) groups is 1. The Morgan fingerprint density at radius 2 is 2.17 bits per heavy atom. The minimum absolute atomic E-state index is 0.0102. The van der Waals surface area contributed by atoms with Gasteiger partial charge in [0, 0.05) is 30.5 Å². The van der Waals surface area contributed by atoms with Crippen molar-refractivity contribution in [3.05, 3.63) is 30.1 Å². The largest absolute Gasteiger partial charge is 0.417 e. The van der Waals surface area contributed by atoms with Crippen LogP contribution in [0.4, 0.5) is 0 Å². The second kappa shape index (κ2) is 7.80. The Hall–Kier alpha value is -1.18. The maximum Gasteiger partial charge on any atom is 0.227 e. The number of carbonyl (C=O) groups excluding carboxylic acids is 2. The summed E-state index contributed by atoms with van der Waals surface area (Å²) in [6.07, 6.45) is 3.19. The maximum atomic E-state index is 12.4. The third-order valence-electron chi connectivity index (χ3n) is 4.14. The zero-order valence-electron chi connectivity index (χ0n) is 14.8. The minimum Gasteiger partial charge on any atom is -0.417 e. The molecule has 2 rings (SSSR count). The first kappa shape index (κ1) is 19.1. The van der Waals surface area contributed by atoms with Crippen molar-refractivity contribution in [2.75, 3.05) is 6.61 Å². The first-order valence-electron chi connectivity index (χ1n) is 8.04. The average molecular weight is 366 g/mol. The maximum absolute atomic E-state index is 12.4. The highest BCUT2D eigenvalue weighted by Crippen LogP contribution is 2.41. The van der Waals surface area contributed by atoms with Gasteiger partial charge in [-0.05, 0) is 30.6 Å². The smallest absolute Gasteiger partial charge is 0.227 e. The minimum atomic E-state index is -0.820. The first-order chi connectivity index (χ1) is 11.2. The van der Waals surface area contributed by atoms with Crippen molar-refractivity contribution in [2.45, 2.75) is 39.2 Å². The third-order valence-corrected chi connectivity index (χ3v) is 6.00. The van der Waals surface area contributed by atoms with Crippen LogP contribution in [0.5, 0.6) is 0 Å². The predicted octanol–water partition coefficient (Wildman–Crippen LogP) is 2.96. The molecule has 1 amide bonds. The molecule has 0 spiro atoms. The van der Waals surface area contributed by atoms with Crippen molar-refractivity contribution in [1.29, 1.82) is 0 Å². The molecule has 24 heavy (non-hydrogen) atoms. The van der Waals surface area contributed by atoms with Crippen LogP contribution in [0, 0.1) is 17.3 Å². The van der Waals surface area contributed by atoms with Gasteiger partial charge in [0.15, 0.2) is 0 Å². The van der Waals surface area contributed by atoms with Gasteiger partial charge in [0.1, 0.15) is 0 Å². The number of carbonyl (C=O) groups is 2. The molecule has 1 N–H and O–H groups in total. The zero-order valence-corrected chi connectivity index (χ0v) is 16.6. The summed E-state index contributed by atoms with van der Waals surface area (Å²) < 4.78 is 5.89. The average Bonchev–Trinajstić information content (AvgIpc) is 2.50.